The van der Waals surface area contributed by atoms with Gasteiger partial charge in [-0.05, 0) is 65.9 Å². The molecular weight excluding hydrogens is 333 g/mol. The first-order valence-corrected chi connectivity index (χ1v) is 8.30. The van der Waals surface area contributed by atoms with Crippen molar-refractivity contribution in [3.05, 3.63) is 32.9 Å². The van der Waals surface area contributed by atoms with Crippen LogP contribution in [-0.4, -0.2) is 6.54 Å². The molecular formula is C16H24IN. The lowest BCUT2D eigenvalue weighted by Crippen LogP contribution is -2.30. The predicted molar refractivity (Wildman–Crippen MR) is 86.9 cm³/mol. The van der Waals surface area contributed by atoms with Gasteiger partial charge in [0.05, 0.1) is 0 Å². The van der Waals surface area contributed by atoms with Gasteiger partial charge < -0.3 is 5.32 Å². The zero-order chi connectivity index (χ0) is 13.0. The molecule has 0 saturated heterocycles. The summed E-state index contributed by atoms with van der Waals surface area (Å²) in [5, 5.41) is 3.73. The van der Waals surface area contributed by atoms with Crippen LogP contribution in [0.4, 0.5) is 0 Å². The SMILES string of the molecule is CCNC(c1cccc(C)c1I)C1CCCCC1. The monoisotopic (exact) mass is 357 g/mol. The van der Waals surface area contributed by atoms with Crippen molar-refractivity contribution < 1.29 is 0 Å². The maximum absolute atomic E-state index is 3.73. The third-order valence-electron chi connectivity index (χ3n) is 4.10. The van der Waals surface area contributed by atoms with Crippen LogP contribution in [0.1, 0.15) is 56.2 Å². The molecule has 1 aliphatic rings. The van der Waals surface area contributed by atoms with Crippen LogP contribution in [0.3, 0.4) is 0 Å². The van der Waals surface area contributed by atoms with E-state index in [-0.39, 0.29) is 0 Å². The summed E-state index contributed by atoms with van der Waals surface area (Å²) < 4.78 is 1.45. The Balaban J connectivity index is 2.25. The molecule has 0 spiro atoms. The molecule has 0 amide bonds. The average Bonchev–Trinajstić information content (AvgIpc) is 2.41. The largest absolute Gasteiger partial charge is 0.310 e. The van der Waals surface area contributed by atoms with Crippen LogP contribution in [0.5, 0.6) is 0 Å². The number of hydrogen-bond acceptors (Lipinski definition) is 1. The highest BCUT2D eigenvalue weighted by Gasteiger charge is 2.25. The van der Waals surface area contributed by atoms with Gasteiger partial charge in [-0.1, -0.05) is 44.4 Å². The first-order valence-electron chi connectivity index (χ1n) is 7.22. The Bertz CT molecular complexity index is 383. The number of hydrogen-bond donors (Lipinski definition) is 1. The van der Waals surface area contributed by atoms with E-state index in [1.807, 2.05) is 0 Å². The third-order valence-corrected chi connectivity index (χ3v) is 5.58. The van der Waals surface area contributed by atoms with Crippen molar-refractivity contribution in [2.45, 2.75) is 52.0 Å². The fourth-order valence-corrected chi connectivity index (χ4v) is 3.82. The summed E-state index contributed by atoms with van der Waals surface area (Å²) >= 11 is 2.52. The number of rotatable bonds is 4. The van der Waals surface area contributed by atoms with E-state index >= 15 is 0 Å². The van der Waals surface area contributed by atoms with E-state index in [4.69, 9.17) is 0 Å². The average molecular weight is 357 g/mol. The second-order valence-electron chi connectivity index (χ2n) is 5.41. The molecule has 0 bridgehead atoms. The van der Waals surface area contributed by atoms with Crippen molar-refractivity contribution in [2.75, 3.05) is 6.54 Å². The fraction of sp³-hybridized carbons (Fsp3) is 0.625. The minimum absolute atomic E-state index is 0.558. The molecule has 1 aromatic carbocycles. The summed E-state index contributed by atoms with van der Waals surface area (Å²) in [6, 6.07) is 7.30. The lowest BCUT2D eigenvalue weighted by Gasteiger charge is -2.32. The van der Waals surface area contributed by atoms with Gasteiger partial charge in [-0.3, -0.25) is 0 Å². The highest BCUT2D eigenvalue weighted by molar-refractivity contribution is 14.1. The van der Waals surface area contributed by atoms with Crippen molar-refractivity contribution in [1.29, 1.82) is 0 Å². The highest BCUT2D eigenvalue weighted by Crippen LogP contribution is 2.36. The first kappa shape index (κ1) is 14.3. The molecule has 18 heavy (non-hydrogen) atoms. The lowest BCUT2D eigenvalue weighted by atomic mass is 9.81. The Morgan fingerprint density at radius 2 is 2.00 bits per heavy atom. The molecule has 1 fully saturated rings. The van der Waals surface area contributed by atoms with Crippen molar-refractivity contribution >= 4 is 22.6 Å². The number of aryl methyl sites for hydroxylation is 1. The molecule has 100 valence electrons. The molecule has 1 N–H and O–H groups in total. The van der Waals surface area contributed by atoms with E-state index in [1.165, 1.54) is 46.8 Å². The fourth-order valence-electron chi connectivity index (χ4n) is 3.13. The molecule has 2 rings (SSSR count). The topological polar surface area (TPSA) is 12.0 Å². The van der Waals surface area contributed by atoms with Crippen LogP contribution < -0.4 is 5.32 Å². The molecule has 0 aliphatic heterocycles. The quantitative estimate of drug-likeness (QED) is 0.761. The van der Waals surface area contributed by atoms with E-state index in [1.54, 1.807) is 0 Å². The Hall–Kier alpha value is -0.0900. The van der Waals surface area contributed by atoms with E-state index in [2.05, 4.69) is 60.0 Å². The lowest BCUT2D eigenvalue weighted by molar-refractivity contribution is 0.273. The second-order valence-corrected chi connectivity index (χ2v) is 6.49. The van der Waals surface area contributed by atoms with Crippen LogP contribution in [0.25, 0.3) is 0 Å². The third kappa shape index (κ3) is 3.27. The zero-order valence-corrected chi connectivity index (χ0v) is 13.7. The van der Waals surface area contributed by atoms with Crippen LogP contribution >= 0.6 is 22.6 Å². The molecule has 1 unspecified atom stereocenters. The van der Waals surface area contributed by atoms with Gasteiger partial charge in [0.15, 0.2) is 0 Å². The zero-order valence-electron chi connectivity index (χ0n) is 11.5. The number of benzene rings is 1. The summed E-state index contributed by atoms with van der Waals surface area (Å²) in [6.07, 6.45) is 7.04. The van der Waals surface area contributed by atoms with Gasteiger partial charge in [0.2, 0.25) is 0 Å². The summed E-state index contributed by atoms with van der Waals surface area (Å²) in [6.45, 7) is 5.50. The minimum Gasteiger partial charge on any atom is -0.310 e. The molecule has 1 saturated carbocycles. The number of halogens is 1. The molecule has 0 aromatic heterocycles. The highest BCUT2D eigenvalue weighted by atomic mass is 127. The van der Waals surface area contributed by atoms with Crippen molar-refractivity contribution in [3.63, 3.8) is 0 Å². The van der Waals surface area contributed by atoms with Crippen molar-refractivity contribution in [2.24, 2.45) is 5.92 Å². The van der Waals surface area contributed by atoms with E-state index in [0.717, 1.165) is 12.5 Å². The molecule has 1 aromatic rings. The van der Waals surface area contributed by atoms with Crippen molar-refractivity contribution in [3.8, 4) is 0 Å². The van der Waals surface area contributed by atoms with Crippen LogP contribution in [0.2, 0.25) is 0 Å². The summed E-state index contributed by atoms with van der Waals surface area (Å²) in [7, 11) is 0. The van der Waals surface area contributed by atoms with Crippen molar-refractivity contribution in [1.82, 2.24) is 5.32 Å². The Kier molecular flexibility index (Phi) is 5.49. The maximum Gasteiger partial charge on any atom is 0.0359 e. The van der Waals surface area contributed by atoms with Gasteiger partial charge in [-0.25, -0.2) is 0 Å². The molecule has 0 radical (unpaired) electrons. The summed E-state index contributed by atoms with van der Waals surface area (Å²) in [5.74, 6) is 0.828. The van der Waals surface area contributed by atoms with E-state index < -0.39 is 0 Å². The van der Waals surface area contributed by atoms with Gasteiger partial charge in [0, 0.05) is 9.61 Å². The van der Waals surface area contributed by atoms with Crippen LogP contribution in [-0.2, 0) is 0 Å². The number of nitrogens with one attached hydrogen (secondary N) is 1. The smallest absolute Gasteiger partial charge is 0.0359 e. The standard InChI is InChI=1S/C16H24IN/c1-3-18-16(13-9-5-4-6-10-13)14-11-7-8-12(2)15(14)17/h7-8,11,13,16,18H,3-6,9-10H2,1-2H3. The molecule has 2 heteroatoms. The summed E-state index contributed by atoms with van der Waals surface area (Å²) in [5.41, 5.74) is 2.93. The molecule has 1 nitrogen and oxygen atoms in total. The van der Waals surface area contributed by atoms with Gasteiger partial charge in [0.25, 0.3) is 0 Å². The van der Waals surface area contributed by atoms with E-state index in [9.17, 15) is 0 Å². The first-order chi connectivity index (χ1) is 8.74. The van der Waals surface area contributed by atoms with Gasteiger partial charge in [0.1, 0.15) is 0 Å². The Morgan fingerprint density at radius 1 is 1.28 bits per heavy atom. The molecule has 0 heterocycles. The molecule has 1 aliphatic carbocycles. The minimum atomic E-state index is 0.558. The van der Waals surface area contributed by atoms with Gasteiger partial charge in [-0.2, -0.15) is 0 Å². The Labute approximate surface area is 125 Å². The van der Waals surface area contributed by atoms with E-state index in [0.29, 0.717) is 6.04 Å². The maximum atomic E-state index is 3.73. The van der Waals surface area contributed by atoms with Gasteiger partial charge in [-0.15, -0.1) is 0 Å². The second kappa shape index (κ2) is 6.90. The molecule has 1 atom stereocenters. The normalized spacial score (nSPS) is 18.8. The summed E-state index contributed by atoms with van der Waals surface area (Å²) in [4.78, 5) is 0. The van der Waals surface area contributed by atoms with Crippen LogP contribution in [0, 0.1) is 16.4 Å². The predicted octanol–water partition coefficient (Wildman–Crippen LogP) is 4.83. The Morgan fingerprint density at radius 3 is 2.67 bits per heavy atom. The van der Waals surface area contributed by atoms with Gasteiger partial charge >= 0.3 is 0 Å². The van der Waals surface area contributed by atoms with Crippen LogP contribution in [0.15, 0.2) is 18.2 Å².